The smallest absolute Gasteiger partial charge is 0.337 e. The number of hydrogen-bond donors (Lipinski definition) is 2. The van der Waals surface area contributed by atoms with Gasteiger partial charge in [0.15, 0.2) is 5.11 Å². The van der Waals surface area contributed by atoms with E-state index in [9.17, 15) is 4.79 Å². The highest BCUT2D eigenvalue weighted by Gasteiger charge is 2.19. The second kappa shape index (κ2) is 5.84. The molecule has 2 N–H and O–H groups in total. The summed E-state index contributed by atoms with van der Waals surface area (Å²) in [6.45, 7) is 4.50. The minimum atomic E-state index is -0.316. The van der Waals surface area contributed by atoms with E-state index in [1.54, 1.807) is 0 Å². The van der Waals surface area contributed by atoms with E-state index in [1.165, 1.54) is 0 Å². The summed E-state index contributed by atoms with van der Waals surface area (Å²) in [7, 11) is 0. The summed E-state index contributed by atoms with van der Waals surface area (Å²) in [5.41, 5.74) is 3.46. The maximum atomic E-state index is 12.0. The summed E-state index contributed by atoms with van der Waals surface area (Å²) in [5.74, 6) is -0.316. The molecule has 1 aromatic rings. The summed E-state index contributed by atoms with van der Waals surface area (Å²) in [4.78, 5) is 12.0. The Kier molecular flexibility index (Phi) is 4.16. The first-order chi connectivity index (χ1) is 9.08. The van der Waals surface area contributed by atoms with Crippen LogP contribution in [0.2, 0.25) is 0 Å². The highest BCUT2D eigenvalue weighted by atomic mass is 32.1. The van der Waals surface area contributed by atoms with Crippen molar-refractivity contribution >= 4 is 23.3 Å². The highest BCUT2D eigenvalue weighted by molar-refractivity contribution is 7.80. The van der Waals surface area contributed by atoms with Crippen LogP contribution in [-0.4, -0.2) is 17.6 Å². The quantitative estimate of drug-likeness (QED) is 0.651. The van der Waals surface area contributed by atoms with E-state index < -0.39 is 0 Å². The van der Waals surface area contributed by atoms with Crippen molar-refractivity contribution in [2.45, 2.75) is 20.5 Å². The van der Waals surface area contributed by atoms with Crippen molar-refractivity contribution in [1.29, 1.82) is 0 Å². The normalized spacial score (nSPS) is 14.7. The number of rotatable bonds is 3. The van der Waals surface area contributed by atoms with E-state index >= 15 is 0 Å². The summed E-state index contributed by atoms with van der Waals surface area (Å²) in [6.07, 6.45) is 0. The highest BCUT2D eigenvalue weighted by Crippen LogP contribution is 2.12. The number of benzene rings is 1. The molecule has 2 rings (SSSR count). The van der Waals surface area contributed by atoms with E-state index in [1.807, 2.05) is 38.1 Å². The molecular weight excluding hydrogens is 260 g/mol. The van der Waals surface area contributed by atoms with Gasteiger partial charge in [-0.15, -0.1) is 0 Å². The van der Waals surface area contributed by atoms with Crippen LogP contribution in [0.3, 0.4) is 0 Å². The lowest BCUT2D eigenvalue weighted by Crippen LogP contribution is -2.42. The van der Waals surface area contributed by atoms with E-state index in [4.69, 9.17) is 17.0 Å². The number of ether oxygens (including phenoxy) is 1. The first kappa shape index (κ1) is 13.5. The van der Waals surface area contributed by atoms with Crippen molar-refractivity contribution in [3.05, 3.63) is 46.7 Å². The average molecular weight is 276 g/mol. The fourth-order valence-electron chi connectivity index (χ4n) is 1.82. The van der Waals surface area contributed by atoms with Crippen LogP contribution < -0.4 is 10.6 Å². The zero-order valence-electron chi connectivity index (χ0n) is 10.9. The molecule has 0 saturated carbocycles. The molecule has 0 radical (unpaired) electrons. The molecule has 4 nitrogen and oxygen atoms in total. The Balaban J connectivity index is 2.01. The first-order valence-corrected chi connectivity index (χ1v) is 6.45. The monoisotopic (exact) mass is 276 g/mol. The van der Waals surface area contributed by atoms with Crippen LogP contribution in [0.5, 0.6) is 0 Å². The number of hydrogen-bond acceptors (Lipinski definition) is 3. The minimum absolute atomic E-state index is 0.284. The molecule has 1 aliphatic heterocycles. The van der Waals surface area contributed by atoms with Crippen molar-refractivity contribution < 1.29 is 9.53 Å². The molecule has 5 heteroatoms. The summed E-state index contributed by atoms with van der Waals surface area (Å²) in [5, 5.41) is 6.37. The van der Waals surface area contributed by atoms with Gasteiger partial charge in [-0.2, -0.15) is 0 Å². The zero-order valence-corrected chi connectivity index (χ0v) is 11.8. The van der Waals surface area contributed by atoms with Crippen molar-refractivity contribution in [2.75, 3.05) is 6.54 Å². The fourth-order valence-corrected chi connectivity index (χ4v) is 2.04. The van der Waals surface area contributed by atoms with Gasteiger partial charge in [-0.05, 0) is 37.2 Å². The molecule has 1 aromatic carbocycles. The topological polar surface area (TPSA) is 50.4 Å². The van der Waals surface area contributed by atoms with Gasteiger partial charge < -0.3 is 15.4 Å². The molecule has 0 bridgehead atoms. The van der Waals surface area contributed by atoms with E-state index in [0.29, 0.717) is 17.2 Å². The maximum Gasteiger partial charge on any atom is 0.337 e. The summed E-state index contributed by atoms with van der Waals surface area (Å²) >= 11 is 4.97. The third-order valence-electron chi connectivity index (χ3n) is 3.05. The number of nitrogens with one attached hydrogen (secondary N) is 2. The first-order valence-electron chi connectivity index (χ1n) is 6.04. The lowest BCUT2D eigenvalue weighted by atomic mass is 10.1. The number of aryl methyl sites for hydroxylation is 1. The van der Waals surface area contributed by atoms with E-state index in [-0.39, 0.29) is 12.6 Å². The lowest BCUT2D eigenvalue weighted by molar-refractivity contribution is -0.140. The molecule has 0 amide bonds. The van der Waals surface area contributed by atoms with Crippen LogP contribution in [0.4, 0.5) is 0 Å². The van der Waals surface area contributed by atoms with Crippen LogP contribution in [0.1, 0.15) is 18.1 Å². The van der Waals surface area contributed by atoms with Gasteiger partial charge in [0.05, 0.1) is 12.1 Å². The molecule has 0 saturated heterocycles. The molecule has 1 aliphatic rings. The van der Waals surface area contributed by atoms with E-state index in [0.717, 1.165) is 16.8 Å². The maximum absolute atomic E-state index is 12.0. The van der Waals surface area contributed by atoms with Gasteiger partial charge in [0.2, 0.25) is 0 Å². The molecule has 0 fully saturated rings. The van der Waals surface area contributed by atoms with Gasteiger partial charge in [0.1, 0.15) is 6.61 Å². The molecule has 0 aliphatic carbocycles. The summed E-state index contributed by atoms with van der Waals surface area (Å²) in [6, 6.07) is 7.85. The van der Waals surface area contributed by atoms with Crippen LogP contribution in [-0.2, 0) is 16.1 Å². The van der Waals surface area contributed by atoms with Gasteiger partial charge in [-0.25, -0.2) is 4.79 Å². The molecule has 100 valence electrons. The second-order valence-electron chi connectivity index (χ2n) is 4.41. The van der Waals surface area contributed by atoms with Crippen molar-refractivity contribution in [1.82, 2.24) is 10.6 Å². The van der Waals surface area contributed by atoms with Gasteiger partial charge in [0, 0.05) is 5.70 Å². The molecular formula is C14H16N2O2S. The Hall–Kier alpha value is -1.88. The zero-order chi connectivity index (χ0) is 13.8. The number of carbonyl (C=O) groups is 1. The standard InChI is InChI=1S/C14H16N2O2S/c1-9-5-3-4-6-11(9)8-18-13(17)12-7-15-14(19)16-10(12)2/h3-6H,7-8H2,1-2H3,(H2,15,16,19). The predicted molar refractivity (Wildman–Crippen MR) is 77.4 cm³/mol. The third-order valence-corrected chi connectivity index (χ3v) is 3.29. The fraction of sp³-hybridized carbons (Fsp3) is 0.286. The average Bonchev–Trinajstić information content (AvgIpc) is 2.37. The van der Waals surface area contributed by atoms with Gasteiger partial charge in [0.25, 0.3) is 0 Å². The van der Waals surface area contributed by atoms with Gasteiger partial charge in [-0.3, -0.25) is 0 Å². The van der Waals surface area contributed by atoms with Crippen LogP contribution in [0, 0.1) is 6.92 Å². The number of carbonyl (C=O) groups excluding carboxylic acids is 1. The molecule has 0 atom stereocenters. The van der Waals surface area contributed by atoms with E-state index in [2.05, 4.69) is 10.6 Å². The summed E-state index contributed by atoms with van der Waals surface area (Å²) < 4.78 is 5.33. The molecule has 1 heterocycles. The van der Waals surface area contributed by atoms with Crippen LogP contribution in [0.25, 0.3) is 0 Å². The number of esters is 1. The molecule has 0 aromatic heterocycles. The van der Waals surface area contributed by atoms with Crippen molar-refractivity contribution in [2.24, 2.45) is 0 Å². The largest absolute Gasteiger partial charge is 0.457 e. The lowest BCUT2D eigenvalue weighted by Gasteiger charge is -2.21. The number of allylic oxidation sites excluding steroid dienone is 1. The van der Waals surface area contributed by atoms with Gasteiger partial charge in [-0.1, -0.05) is 24.3 Å². The van der Waals surface area contributed by atoms with Crippen molar-refractivity contribution in [3.63, 3.8) is 0 Å². The number of thiocarbonyl (C=S) groups is 1. The Morgan fingerprint density at radius 3 is 2.79 bits per heavy atom. The molecule has 0 spiro atoms. The molecule has 0 unspecified atom stereocenters. The van der Waals surface area contributed by atoms with Gasteiger partial charge >= 0.3 is 5.97 Å². The Morgan fingerprint density at radius 2 is 2.11 bits per heavy atom. The van der Waals surface area contributed by atoms with Crippen molar-refractivity contribution in [3.8, 4) is 0 Å². The SMILES string of the molecule is CC1=C(C(=O)OCc2ccccc2C)CNC(=S)N1. The predicted octanol–water partition coefficient (Wildman–Crippen LogP) is 1.79. The van der Waals surface area contributed by atoms with Crippen LogP contribution in [0.15, 0.2) is 35.5 Å². The minimum Gasteiger partial charge on any atom is -0.457 e. The van der Waals surface area contributed by atoms with Crippen LogP contribution >= 0.6 is 12.2 Å². The second-order valence-corrected chi connectivity index (χ2v) is 4.82. The Labute approximate surface area is 117 Å². The Bertz CT molecular complexity index is 552. The third kappa shape index (κ3) is 3.32. The Morgan fingerprint density at radius 1 is 1.37 bits per heavy atom. The molecule has 19 heavy (non-hydrogen) atoms.